The maximum Gasteiger partial charge on any atom is 0.137 e. The second kappa shape index (κ2) is 5.92. The van der Waals surface area contributed by atoms with Gasteiger partial charge < -0.3 is 10.5 Å². The number of nitriles is 1. The van der Waals surface area contributed by atoms with Crippen molar-refractivity contribution in [3.8, 4) is 11.8 Å². The van der Waals surface area contributed by atoms with Crippen molar-refractivity contribution in [2.45, 2.75) is 19.4 Å². The van der Waals surface area contributed by atoms with Crippen LogP contribution in [0.25, 0.3) is 0 Å². The molecule has 0 fully saturated rings. The van der Waals surface area contributed by atoms with Gasteiger partial charge in [0.15, 0.2) is 0 Å². The van der Waals surface area contributed by atoms with Crippen LogP contribution in [0.5, 0.6) is 5.75 Å². The number of rotatable bonds is 4. The number of nitrogens with zero attached hydrogens (tertiary/aromatic N) is 1. The Morgan fingerprint density at radius 2 is 1.95 bits per heavy atom. The van der Waals surface area contributed by atoms with E-state index in [9.17, 15) is 0 Å². The molecule has 3 nitrogen and oxygen atoms in total. The van der Waals surface area contributed by atoms with Crippen molar-refractivity contribution in [1.29, 1.82) is 5.26 Å². The van der Waals surface area contributed by atoms with Crippen molar-refractivity contribution in [1.82, 2.24) is 0 Å². The van der Waals surface area contributed by atoms with Crippen LogP contribution < -0.4 is 10.5 Å². The lowest BCUT2D eigenvalue weighted by Crippen LogP contribution is -2.07. The molecule has 19 heavy (non-hydrogen) atoms. The lowest BCUT2D eigenvalue weighted by Gasteiger charge is -2.18. The van der Waals surface area contributed by atoms with E-state index in [0.29, 0.717) is 12.1 Å². The molecule has 2 rings (SSSR count). The molecule has 96 valence electrons. The molecule has 3 heteroatoms. The number of nitrogen functional groups attached to an aromatic ring is 1. The molecule has 0 bridgehead atoms. The molecule has 0 aliphatic heterocycles. The van der Waals surface area contributed by atoms with E-state index in [4.69, 9.17) is 15.7 Å². The molecule has 0 aliphatic carbocycles. The van der Waals surface area contributed by atoms with Crippen molar-refractivity contribution in [3.63, 3.8) is 0 Å². The van der Waals surface area contributed by atoms with Crippen LogP contribution >= 0.6 is 0 Å². The van der Waals surface area contributed by atoms with Gasteiger partial charge in [-0.1, -0.05) is 30.3 Å². The van der Waals surface area contributed by atoms with Gasteiger partial charge in [0.2, 0.25) is 0 Å². The number of aryl methyl sites for hydroxylation is 1. The summed E-state index contributed by atoms with van der Waals surface area (Å²) in [5.41, 5.74) is 8.40. The van der Waals surface area contributed by atoms with E-state index in [-0.39, 0.29) is 6.10 Å². The molecule has 0 aromatic heterocycles. The minimum absolute atomic E-state index is 0.256. The van der Waals surface area contributed by atoms with Crippen LogP contribution in [0.15, 0.2) is 48.5 Å². The molecule has 0 heterocycles. The third-order valence-corrected chi connectivity index (χ3v) is 2.92. The molecule has 0 saturated carbocycles. The third kappa shape index (κ3) is 3.26. The Morgan fingerprint density at radius 1 is 1.21 bits per heavy atom. The molecule has 2 aromatic rings. The number of nitrogens with two attached hydrogens (primary N) is 1. The van der Waals surface area contributed by atoms with E-state index in [1.807, 2.05) is 49.4 Å². The van der Waals surface area contributed by atoms with Crippen LogP contribution in [0.2, 0.25) is 0 Å². The summed E-state index contributed by atoms with van der Waals surface area (Å²) in [5.74, 6) is 0.762. The highest BCUT2D eigenvalue weighted by Crippen LogP contribution is 2.28. The van der Waals surface area contributed by atoms with Gasteiger partial charge in [0.05, 0.1) is 12.5 Å². The third-order valence-electron chi connectivity index (χ3n) is 2.92. The highest BCUT2D eigenvalue weighted by Gasteiger charge is 2.14. The predicted molar refractivity (Wildman–Crippen MR) is 75.6 cm³/mol. The van der Waals surface area contributed by atoms with E-state index < -0.39 is 0 Å². The fraction of sp³-hybridized carbons (Fsp3) is 0.188. The highest BCUT2D eigenvalue weighted by atomic mass is 16.5. The molecule has 0 amide bonds. The minimum Gasteiger partial charge on any atom is -0.484 e. The first-order chi connectivity index (χ1) is 9.20. The highest BCUT2D eigenvalue weighted by molar-refractivity contribution is 5.47. The van der Waals surface area contributed by atoms with E-state index in [2.05, 4.69) is 6.07 Å². The van der Waals surface area contributed by atoms with Gasteiger partial charge in [-0.25, -0.2) is 0 Å². The topological polar surface area (TPSA) is 59.0 Å². The minimum atomic E-state index is -0.256. The Hall–Kier alpha value is -2.47. The fourth-order valence-electron chi connectivity index (χ4n) is 1.94. The van der Waals surface area contributed by atoms with Crippen LogP contribution in [-0.4, -0.2) is 0 Å². The first-order valence-corrected chi connectivity index (χ1v) is 6.15. The molecule has 1 unspecified atom stereocenters. The summed E-state index contributed by atoms with van der Waals surface area (Å²) in [6, 6.07) is 17.4. The zero-order valence-corrected chi connectivity index (χ0v) is 10.8. The summed E-state index contributed by atoms with van der Waals surface area (Å²) in [6.45, 7) is 1.94. The van der Waals surface area contributed by atoms with E-state index in [1.54, 1.807) is 6.07 Å². The first-order valence-electron chi connectivity index (χ1n) is 6.15. The smallest absolute Gasteiger partial charge is 0.137 e. The summed E-state index contributed by atoms with van der Waals surface area (Å²) in [7, 11) is 0. The van der Waals surface area contributed by atoms with Crippen LogP contribution in [0, 0.1) is 18.3 Å². The predicted octanol–water partition coefficient (Wildman–Crippen LogP) is 3.61. The molecule has 0 aliphatic rings. The Morgan fingerprint density at radius 3 is 2.58 bits per heavy atom. The van der Waals surface area contributed by atoms with Gasteiger partial charge in [-0.3, -0.25) is 0 Å². The Labute approximate surface area is 113 Å². The number of anilines is 1. The molecule has 2 N–H and O–H groups in total. The summed E-state index contributed by atoms with van der Waals surface area (Å²) in [5, 5.41) is 8.94. The molecular weight excluding hydrogens is 236 g/mol. The summed E-state index contributed by atoms with van der Waals surface area (Å²) in [4.78, 5) is 0. The van der Waals surface area contributed by atoms with E-state index in [1.165, 1.54) is 0 Å². The van der Waals surface area contributed by atoms with Crippen LogP contribution in [-0.2, 0) is 0 Å². The monoisotopic (exact) mass is 252 g/mol. The number of ether oxygens (including phenoxy) is 1. The molecule has 2 aromatic carbocycles. The van der Waals surface area contributed by atoms with Gasteiger partial charge in [-0.2, -0.15) is 5.26 Å². The van der Waals surface area contributed by atoms with Crippen LogP contribution in [0.1, 0.15) is 23.7 Å². The van der Waals surface area contributed by atoms with Gasteiger partial charge >= 0.3 is 0 Å². The van der Waals surface area contributed by atoms with Gasteiger partial charge in [0.1, 0.15) is 11.9 Å². The Kier molecular flexibility index (Phi) is 4.04. The second-order valence-electron chi connectivity index (χ2n) is 4.40. The zero-order chi connectivity index (χ0) is 13.7. The van der Waals surface area contributed by atoms with Crippen LogP contribution in [0.4, 0.5) is 5.69 Å². The van der Waals surface area contributed by atoms with Crippen molar-refractivity contribution in [3.05, 3.63) is 59.7 Å². The van der Waals surface area contributed by atoms with Crippen molar-refractivity contribution in [2.75, 3.05) is 5.73 Å². The van der Waals surface area contributed by atoms with E-state index >= 15 is 0 Å². The standard InChI is InChI=1S/C16H16N2O/c1-12-11-14(18)7-8-15(12)19-16(9-10-17)13-5-3-2-4-6-13/h2-8,11,16H,9,18H2,1H3. The average molecular weight is 252 g/mol. The average Bonchev–Trinajstić information content (AvgIpc) is 2.42. The SMILES string of the molecule is Cc1cc(N)ccc1OC(CC#N)c1ccccc1. The van der Waals surface area contributed by atoms with E-state index in [0.717, 1.165) is 16.9 Å². The Balaban J connectivity index is 2.24. The molecular formula is C16H16N2O. The van der Waals surface area contributed by atoms with Gasteiger partial charge in [-0.05, 0) is 36.2 Å². The number of hydrogen-bond acceptors (Lipinski definition) is 3. The maximum atomic E-state index is 8.94. The van der Waals surface area contributed by atoms with Crippen molar-refractivity contribution >= 4 is 5.69 Å². The second-order valence-corrected chi connectivity index (χ2v) is 4.40. The first kappa shape index (κ1) is 13.0. The molecule has 0 saturated heterocycles. The van der Waals surface area contributed by atoms with Gasteiger partial charge in [-0.15, -0.1) is 0 Å². The summed E-state index contributed by atoms with van der Waals surface area (Å²) in [6.07, 6.45) is 0.0573. The lowest BCUT2D eigenvalue weighted by molar-refractivity contribution is 0.210. The molecule has 0 spiro atoms. The summed E-state index contributed by atoms with van der Waals surface area (Å²) < 4.78 is 5.95. The number of hydrogen-bond donors (Lipinski definition) is 1. The number of benzene rings is 2. The lowest BCUT2D eigenvalue weighted by atomic mass is 10.1. The van der Waals surface area contributed by atoms with Crippen LogP contribution in [0.3, 0.4) is 0 Å². The zero-order valence-electron chi connectivity index (χ0n) is 10.8. The Bertz CT molecular complexity index is 587. The van der Waals surface area contributed by atoms with Gasteiger partial charge in [0.25, 0.3) is 0 Å². The summed E-state index contributed by atoms with van der Waals surface area (Å²) >= 11 is 0. The fourth-order valence-corrected chi connectivity index (χ4v) is 1.94. The normalized spacial score (nSPS) is 11.6. The largest absolute Gasteiger partial charge is 0.484 e. The molecule has 0 radical (unpaired) electrons. The van der Waals surface area contributed by atoms with Crippen molar-refractivity contribution in [2.24, 2.45) is 0 Å². The van der Waals surface area contributed by atoms with Crippen molar-refractivity contribution < 1.29 is 4.74 Å². The maximum absolute atomic E-state index is 8.94. The quantitative estimate of drug-likeness (QED) is 0.845. The molecule has 1 atom stereocenters. The van der Waals surface area contributed by atoms with Gasteiger partial charge in [0, 0.05) is 5.69 Å².